The van der Waals surface area contributed by atoms with Crippen molar-refractivity contribution in [3.8, 4) is 0 Å². The number of nitrogens with zero attached hydrogens (tertiary/aromatic N) is 1. The van der Waals surface area contributed by atoms with Crippen molar-refractivity contribution >= 4 is 5.97 Å². The molecule has 0 aromatic rings. The second-order valence-corrected chi connectivity index (χ2v) is 9.10. The van der Waals surface area contributed by atoms with Crippen LogP contribution >= 0.6 is 0 Å². The minimum absolute atomic E-state index is 0.0374. The zero-order valence-electron chi connectivity index (χ0n) is 22.8. The van der Waals surface area contributed by atoms with Gasteiger partial charge in [-0.2, -0.15) is 0 Å². The van der Waals surface area contributed by atoms with E-state index in [4.69, 9.17) is 20.1 Å². The fraction of sp³-hybridized carbons (Fsp3) is 0.893. The lowest BCUT2D eigenvalue weighted by molar-refractivity contribution is -0.143. The number of unbranched alkanes of at least 4 members (excludes halogenated alkanes) is 9. The standard InChI is InChI=1S/C22H42O3.C6H15NO3/c1-3-5-7-14-17-21(23)18-15-12-10-8-9-11-13-16-19-22(24)25-20-6-4-2;8-4-1-7(2-5-9)3-6-10/h12,15,21,23H,3-11,13-14,16-20H2,1-2H3;8-10H,1-6H2/b15-12-;. The van der Waals surface area contributed by atoms with Crippen molar-refractivity contribution in [3.05, 3.63) is 12.2 Å². The molecule has 7 nitrogen and oxygen atoms in total. The van der Waals surface area contributed by atoms with E-state index >= 15 is 0 Å². The van der Waals surface area contributed by atoms with Gasteiger partial charge in [0.15, 0.2) is 0 Å². The lowest BCUT2D eigenvalue weighted by Gasteiger charge is -2.17. The molecule has 0 saturated carbocycles. The summed E-state index contributed by atoms with van der Waals surface area (Å²) in [7, 11) is 0. The summed E-state index contributed by atoms with van der Waals surface area (Å²) in [5.41, 5.74) is 0. The Morgan fingerprint density at radius 3 is 1.94 bits per heavy atom. The van der Waals surface area contributed by atoms with Crippen molar-refractivity contribution in [2.45, 2.75) is 116 Å². The average molecular weight is 504 g/mol. The van der Waals surface area contributed by atoms with E-state index < -0.39 is 0 Å². The van der Waals surface area contributed by atoms with Crippen LogP contribution in [0.3, 0.4) is 0 Å². The largest absolute Gasteiger partial charge is 0.466 e. The van der Waals surface area contributed by atoms with E-state index in [1.807, 2.05) is 0 Å². The minimum Gasteiger partial charge on any atom is -0.466 e. The molecule has 0 rings (SSSR count). The number of esters is 1. The second-order valence-electron chi connectivity index (χ2n) is 9.10. The van der Waals surface area contributed by atoms with Gasteiger partial charge in [-0.05, 0) is 38.5 Å². The zero-order chi connectivity index (χ0) is 26.4. The zero-order valence-corrected chi connectivity index (χ0v) is 22.8. The Morgan fingerprint density at radius 1 is 0.771 bits per heavy atom. The van der Waals surface area contributed by atoms with Gasteiger partial charge >= 0.3 is 5.97 Å². The normalized spacial score (nSPS) is 12.1. The maximum atomic E-state index is 11.4. The fourth-order valence-corrected chi connectivity index (χ4v) is 3.52. The third-order valence-electron chi connectivity index (χ3n) is 5.73. The monoisotopic (exact) mass is 503 g/mol. The van der Waals surface area contributed by atoms with Crippen LogP contribution in [0.2, 0.25) is 0 Å². The van der Waals surface area contributed by atoms with Crippen molar-refractivity contribution in [2.24, 2.45) is 0 Å². The molecule has 0 aromatic carbocycles. The summed E-state index contributed by atoms with van der Waals surface area (Å²) in [6.07, 6.45) is 20.2. The Hall–Kier alpha value is -0.990. The Balaban J connectivity index is 0. The third kappa shape index (κ3) is 31.0. The first-order valence-electron chi connectivity index (χ1n) is 14.1. The Labute approximate surface area is 215 Å². The quantitative estimate of drug-likeness (QED) is 0.0865. The van der Waals surface area contributed by atoms with Gasteiger partial charge in [0.05, 0.1) is 32.5 Å². The summed E-state index contributed by atoms with van der Waals surface area (Å²) in [6, 6.07) is 0. The van der Waals surface area contributed by atoms with Crippen molar-refractivity contribution in [1.29, 1.82) is 0 Å². The number of allylic oxidation sites excluding steroid dienone is 1. The molecule has 0 amide bonds. The van der Waals surface area contributed by atoms with Crippen molar-refractivity contribution in [3.63, 3.8) is 0 Å². The number of aliphatic hydroxyl groups excluding tert-OH is 4. The molecule has 0 saturated heterocycles. The van der Waals surface area contributed by atoms with Crippen LogP contribution in [0.1, 0.15) is 110 Å². The number of carbonyl (C=O) groups is 1. The van der Waals surface area contributed by atoms with Crippen molar-refractivity contribution in [1.82, 2.24) is 4.90 Å². The van der Waals surface area contributed by atoms with Gasteiger partial charge in [0, 0.05) is 26.1 Å². The van der Waals surface area contributed by atoms with E-state index in [-0.39, 0.29) is 31.9 Å². The Kier molecular flexibility index (Phi) is 32.1. The summed E-state index contributed by atoms with van der Waals surface area (Å²) in [5, 5.41) is 35.3. The molecule has 0 spiro atoms. The Morgan fingerprint density at radius 2 is 1.34 bits per heavy atom. The van der Waals surface area contributed by atoms with Crippen LogP contribution < -0.4 is 0 Å². The predicted molar refractivity (Wildman–Crippen MR) is 144 cm³/mol. The van der Waals surface area contributed by atoms with Gasteiger partial charge in [-0.1, -0.05) is 77.4 Å². The highest BCUT2D eigenvalue weighted by atomic mass is 16.5. The molecular weight excluding hydrogens is 446 g/mol. The van der Waals surface area contributed by atoms with Crippen LogP contribution in [0, 0.1) is 0 Å². The number of hydrogen-bond donors (Lipinski definition) is 4. The molecular formula is C28H57NO6. The molecule has 4 N–H and O–H groups in total. The van der Waals surface area contributed by atoms with Gasteiger partial charge in [-0.15, -0.1) is 0 Å². The number of carbonyl (C=O) groups excluding carboxylic acids is 1. The van der Waals surface area contributed by atoms with E-state index in [9.17, 15) is 9.90 Å². The topological polar surface area (TPSA) is 110 Å². The van der Waals surface area contributed by atoms with Gasteiger partial charge in [0.25, 0.3) is 0 Å². The molecule has 0 bridgehead atoms. The maximum Gasteiger partial charge on any atom is 0.305 e. The van der Waals surface area contributed by atoms with E-state index in [0.717, 1.165) is 51.4 Å². The molecule has 0 fully saturated rings. The molecule has 0 aromatic heterocycles. The smallest absolute Gasteiger partial charge is 0.305 e. The first kappa shape index (κ1) is 36.2. The van der Waals surface area contributed by atoms with Crippen molar-refractivity contribution < 1.29 is 30.0 Å². The highest BCUT2D eigenvalue weighted by Gasteiger charge is 2.03. The van der Waals surface area contributed by atoms with E-state index in [1.54, 1.807) is 4.90 Å². The maximum absolute atomic E-state index is 11.4. The third-order valence-corrected chi connectivity index (χ3v) is 5.73. The molecule has 1 unspecified atom stereocenters. The highest BCUT2D eigenvalue weighted by Crippen LogP contribution is 2.11. The van der Waals surface area contributed by atoms with E-state index in [0.29, 0.717) is 32.7 Å². The molecule has 0 heterocycles. The average Bonchev–Trinajstić information content (AvgIpc) is 2.84. The Bertz CT molecular complexity index is 433. The van der Waals surface area contributed by atoms with Gasteiger partial charge in [-0.3, -0.25) is 9.69 Å². The SMILES string of the molecule is CCCCCCC(O)C/C=C\CCCCCCCC(=O)OCCCC.OCCN(CCO)CCO. The molecule has 0 aliphatic heterocycles. The molecule has 210 valence electrons. The van der Waals surface area contributed by atoms with Crippen LogP contribution in [0.4, 0.5) is 0 Å². The lowest BCUT2D eigenvalue weighted by atomic mass is 10.1. The first-order chi connectivity index (χ1) is 17.0. The van der Waals surface area contributed by atoms with Crippen LogP contribution in [-0.4, -0.2) is 83.5 Å². The first-order valence-corrected chi connectivity index (χ1v) is 14.1. The van der Waals surface area contributed by atoms with E-state index in [1.165, 1.54) is 38.5 Å². The molecule has 0 aliphatic carbocycles. The summed E-state index contributed by atoms with van der Waals surface area (Å²) in [5.74, 6) is -0.0374. The second kappa shape index (κ2) is 31.0. The van der Waals surface area contributed by atoms with Gasteiger partial charge in [0.1, 0.15) is 0 Å². The summed E-state index contributed by atoms with van der Waals surface area (Å²) in [4.78, 5) is 13.2. The summed E-state index contributed by atoms with van der Waals surface area (Å²) < 4.78 is 5.14. The van der Waals surface area contributed by atoms with Crippen LogP contribution in [0.15, 0.2) is 12.2 Å². The van der Waals surface area contributed by atoms with Gasteiger partial charge in [0.2, 0.25) is 0 Å². The van der Waals surface area contributed by atoms with Crippen molar-refractivity contribution in [2.75, 3.05) is 46.1 Å². The van der Waals surface area contributed by atoms with Crippen LogP contribution in [0.25, 0.3) is 0 Å². The molecule has 0 aliphatic rings. The number of rotatable bonds is 24. The fourth-order valence-electron chi connectivity index (χ4n) is 3.52. The summed E-state index contributed by atoms with van der Waals surface area (Å²) in [6.45, 7) is 6.64. The molecule has 35 heavy (non-hydrogen) atoms. The minimum atomic E-state index is -0.162. The molecule has 0 radical (unpaired) electrons. The van der Waals surface area contributed by atoms with E-state index in [2.05, 4.69) is 26.0 Å². The number of hydrogen-bond acceptors (Lipinski definition) is 7. The van der Waals surface area contributed by atoms with Crippen LogP contribution in [0.5, 0.6) is 0 Å². The van der Waals surface area contributed by atoms with Gasteiger partial charge < -0.3 is 25.2 Å². The highest BCUT2D eigenvalue weighted by molar-refractivity contribution is 5.69. The number of aliphatic hydroxyl groups is 4. The van der Waals surface area contributed by atoms with Gasteiger partial charge in [-0.25, -0.2) is 0 Å². The summed E-state index contributed by atoms with van der Waals surface area (Å²) >= 11 is 0. The molecule has 7 heteroatoms. The predicted octanol–water partition coefficient (Wildman–Crippen LogP) is 4.60. The van der Waals surface area contributed by atoms with Crippen LogP contribution in [-0.2, 0) is 9.53 Å². The number of ether oxygens (including phenoxy) is 1. The molecule has 1 atom stereocenters. The lowest BCUT2D eigenvalue weighted by Crippen LogP contribution is -2.32.